The molecule has 0 bridgehead atoms. The number of amides is 1. The van der Waals surface area contributed by atoms with Gasteiger partial charge in [0.2, 0.25) is 5.91 Å². The van der Waals surface area contributed by atoms with E-state index in [4.69, 9.17) is 5.26 Å². The van der Waals surface area contributed by atoms with Crippen LogP contribution in [0.5, 0.6) is 0 Å². The zero-order valence-corrected chi connectivity index (χ0v) is 10.5. The number of H-pyrrole nitrogens is 1. The highest BCUT2D eigenvalue weighted by Gasteiger charge is 2.22. The largest absolute Gasteiger partial charge is 0.365 e. The third-order valence-electron chi connectivity index (χ3n) is 3.61. The molecule has 0 unspecified atom stereocenters. The zero-order valence-electron chi connectivity index (χ0n) is 10.5. The van der Waals surface area contributed by atoms with Crippen LogP contribution < -0.4 is 5.32 Å². The summed E-state index contributed by atoms with van der Waals surface area (Å²) in [4.78, 5) is 14.8. The van der Waals surface area contributed by atoms with Gasteiger partial charge in [0.25, 0.3) is 0 Å². The molecule has 4 heteroatoms. The third-order valence-corrected chi connectivity index (χ3v) is 3.61. The van der Waals surface area contributed by atoms with E-state index in [2.05, 4.69) is 16.4 Å². The smallest absolute Gasteiger partial charge is 0.226 e. The van der Waals surface area contributed by atoms with Crippen LogP contribution in [0.1, 0.15) is 37.8 Å². The maximum absolute atomic E-state index is 11.8. The molecule has 0 aliphatic heterocycles. The number of hydrogen-bond donors (Lipinski definition) is 2. The molecule has 1 fully saturated rings. The van der Waals surface area contributed by atoms with Crippen molar-refractivity contribution in [1.82, 2.24) is 10.3 Å². The average Bonchev–Trinajstić information content (AvgIpc) is 2.84. The van der Waals surface area contributed by atoms with Crippen LogP contribution in [0.25, 0.3) is 0 Å². The van der Waals surface area contributed by atoms with Gasteiger partial charge in [0.15, 0.2) is 0 Å². The van der Waals surface area contributed by atoms with E-state index >= 15 is 0 Å². The molecule has 4 nitrogen and oxygen atoms in total. The summed E-state index contributed by atoms with van der Waals surface area (Å²) in [6.45, 7) is 0. The molecule has 2 rings (SSSR count). The minimum absolute atomic E-state index is 0.0844. The molecule has 0 aromatic carbocycles. The summed E-state index contributed by atoms with van der Waals surface area (Å²) in [5, 5.41) is 11.7. The molecule has 1 aliphatic carbocycles. The number of nitrogens with one attached hydrogen (secondary N) is 2. The van der Waals surface area contributed by atoms with Crippen LogP contribution in [0.3, 0.4) is 0 Å². The Morgan fingerprint density at radius 1 is 1.44 bits per heavy atom. The third kappa shape index (κ3) is 3.63. The van der Waals surface area contributed by atoms with E-state index in [9.17, 15) is 4.79 Å². The first-order chi connectivity index (χ1) is 8.78. The van der Waals surface area contributed by atoms with Crippen molar-refractivity contribution in [3.8, 4) is 6.07 Å². The summed E-state index contributed by atoms with van der Waals surface area (Å²) in [5.41, 5.74) is 0.950. The van der Waals surface area contributed by atoms with Gasteiger partial charge < -0.3 is 10.3 Å². The van der Waals surface area contributed by atoms with Gasteiger partial charge in [-0.3, -0.25) is 4.79 Å². The van der Waals surface area contributed by atoms with Crippen LogP contribution in [-0.2, 0) is 11.2 Å². The van der Waals surface area contributed by atoms with Crippen LogP contribution in [0.15, 0.2) is 18.3 Å². The van der Waals surface area contributed by atoms with Gasteiger partial charge in [-0.15, -0.1) is 0 Å². The van der Waals surface area contributed by atoms with Crippen molar-refractivity contribution in [2.45, 2.75) is 44.6 Å². The molecule has 0 radical (unpaired) electrons. The van der Waals surface area contributed by atoms with E-state index in [1.807, 2.05) is 18.3 Å². The van der Waals surface area contributed by atoms with Crippen molar-refractivity contribution in [1.29, 1.82) is 5.26 Å². The van der Waals surface area contributed by atoms with Gasteiger partial charge in [-0.05, 0) is 43.7 Å². The summed E-state index contributed by atoms with van der Waals surface area (Å²) in [6, 6.07) is 6.34. The fraction of sp³-hybridized carbons (Fsp3) is 0.571. The lowest BCUT2D eigenvalue weighted by Gasteiger charge is -2.27. The number of aromatic amines is 1. The normalized spacial score (nSPS) is 23.3. The van der Waals surface area contributed by atoms with Crippen molar-refractivity contribution in [3.05, 3.63) is 24.0 Å². The van der Waals surface area contributed by atoms with Gasteiger partial charge in [-0.25, -0.2) is 0 Å². The van der Waals surface area contributed by atoms with Crippen molar-refractivity contribution in [2.75, 3.05) is 0 Å². The highest BCUT2D eigenvalue weighted by molar-refractivity contribution is 5.78. The molecule has 1 heterocycles. The summed E-state index contributed by atoms with van der Waals surface area (Å²) in [7, 11) is 0. The van der Waals surface area contributed by atoms with Gasteiger partial charge in [-0.1, -0.05) is 0 Å². The maximum Gasteiger partial charge on any atom is 0.226 e. The van der Waals surface area contributed by atoms with E-state index in [1.165, 1.54) is 0 Å². The van der Waals surface area contributed by atoms with Gasteiger partial charge >= 0.3 is 0 Å². The Morgan fingerprint density at radius 2 is 2.22 bits per heavy atom. The number of aromatic nitrogens is 1. The van der Waals surface area contributed by atoms with Gasteiger partial charge in [0.05, 0.1) is 12.5 Å². The lowest BCUT2D eigenvalue weighted by molar-refractivity contribution is -0.121. The summed E-state index contributed by atoms with van der Waals surface area (Å²) < 4.78 is 0. The quantitative estimate of drug-likeness (QED) is 0.853. The molecule has 1 saturated carbocycles. The highest BCUT2D eigenvalue weighted by Crippen LogP contribution is 2.26. The second kappa shape index (κ2) is 6.25. The SMILES string of the molecule is N#CCC1CCC(NC(=O)Cc2ccc[nH]2)CC1. The van der Waals surface area contributed by atoms with Crippen molar-refractivity contribution in [2.24, 2.45) is 5.92 Å². The monoisotopic (exact) mass is 245 g/mol. The summed E-state index contributed by atoms with van der Waals surface area (Å²) >= 11 is 0. The molecule has 1 aromatic heterocycles. The van der Waals surface area contributed by atoms with Gasteiger partial charge in [0.1, 0.15) is 0 Å². The Bertz CT molecular complexity index is 411. The maximum atomic E-state index is 11.8. The summed E-state index contributed by atoms with van der Waals surface area (Å²) in [6.07, 6.45) is 7.03. The lowest BCUT2D eigenvalue weighted by atomic mass is 9.84. The number of hydrogen-bond acceptors (Lipinski definition) is 2. The Labute approximate surface area is 107 Å². The number of carbonyl (C=O) groups excluding carboxylic acids is 1. The number of rotatable bonds is 4. The van der Waals surface area contributed by atoms with Crippen LogP contribution in [0, 0.1) is 17.2 Å². The first kappa shape index (κ1) is 12.7. The number of carbonyl (C=O) groups is 1. The molecular formula is C14H19N3O. The average molecular weight is 245 g/mol. The Morgan fingerprint density at radius 3 is 2.83 bits per heavy atom. The van der Waals surface area contributed by atoms with Gasteiger partial charge in [0, 0.05) is 24.4 Å². The van der Waals surface area contributed by atoms with Crippen LogP contribution >= 0.6 is 0 Å². The minimum Gasteiger partial charge on any atom is -0.365 e. The molecule has 1 aliphatic rings. The molecule has 2 N–H and O–H groups in total. The van der Waals surface area contributed by atoms with Crippen LogP contribution in [0.2, 0.25) is 0 Å². The molecule has 18 heavy (non-hydrogen) atoms. The predicted octanol–water partition coefficient (Wildman–Crippen LogP) is 2.15. The topological polar surface area (TPSA) is 68.7 Å². The summed E-state index contributed by atoms with van der Waals surface area (Å²) in [5.74, 6) is 0.618. The molecular weight excluding hydrogens is 226 g/mol. The molecule has 96 valence electrons. The second-order valence-electron chi connectivity index (χ2n) is 5.02. The van der Waals surface area contributed by atoms with E-state index in [0.717, 1.165) is 31.4 Å². The fourth-order valence-electron chi connectivity index (χ4n) is 2.57. The highest BCUT2D eigenvalue weighted by atomic mass is 16.1. The van der Waals surface area contributed by atoms with Gasteiger partial charge in [-0.2, -0.15) is 5.26 Å². The Kier molecular flexibility index (Phi) is 4.40. The number of nitrogens with zero attached hydrogens (tertiary/aromatic N) is 1. The van der Waals surface area contributed by atoms with E-state index in [1.54, 1.807) is 0 Å². The minimum atomic E-state index is 0.0844. The van der Waals surface area contributed by atoms with Crippen molar-refractivity contribution in [3.63, 3.8) is 0 Å². The van der Waals surface area contributed by atoms with Crippen LogP contribution in [-0.4, -0.2) is 16.9 Å². The van der Waals surface area contributed by atoms with E-state index in [-0.39, 0.29) is 5.91 Å². The van der Waals surface area contributed by atoms with Crippen molar-refractivity contribution < 1.29 is 4.79 Å². The Hall–Kier alpha value is -1.76. The van der Waals surface area contributed by atoms with Crippen molar-refractivity contribution >= 4 is 5.91 Å². The molecule has 1 amide bonds. The standard InChI is InChI=1S/C14H19N3O/c15-8-7-11-3-5-12(6-4-11)17-14(18)10-13-2-1-9-16-13/h1-2,9,11-12,16H,3-7,10H2,(H,17,18). The molecule has 0 spiro atoms. The second-order valence-corrected chi connectivity index (χ2v) is 5.02. The molecule has 1 aromatic rings. The first-order valence-corrected chi connectivity index (χ1v) is 6.56. The zero-order chi connectivity index (χ0) is 12.8. The molecule has 0 saturated heterocycles. The van der Waals surface area contributed by atoms with E-state index in [0.29, 0.717) is 24.8 Å². The van der Waals surface area contributed by atoms with E-state index < -0.39 is 0 Å². The molecule has 0 atom stereocenters. The fourth-order valence-corrected chi connectivity index (χ4v) is 2.57. The Balaban J connectivity index is 1.71. The van der Waals surface area contributed by atoms with Crippen LogP contribution in [0.4, 0.5) is 0 Å². The first-order valence-electron chi connectivity index (χ1n) is 6.56. The predicted molar refractivity (Wildman–Crippen MR) is 68.6 cm³/mol. The number of nitriles is 1. The lowest BCUT2D eigenvalue weighted by Crippen LogP contribution is -2.38.